The molecule has 0 radical (unpaired) electrons. The Kier molecular flexibility index (Phi) is 4.37. The lowest BCUT2D eigenvalue weighted by Gasteiger charge is -2.14. The third-order valence-electron chi connectivity index (χ3n) is 3.78. The first-order chi connectivity index (χ1) is 11.7. The highest BCUT2D eigenvalue weighted by molar-refractivity contribution is 5.75. The molecule has 0 saturated heterocycles. The molecule has 2 heterocycles. The van der Waals surface area contributed by atoms with Crippen LogP contribution < -0.4 is 14.2 Å². The number of ether oxygens (including phenoxy) is 3. The molecule has 3 rings (SSSR count). The lowest BCUT2D eigenvalue weighted by molar-refractivity contribution is 0.325. The third kappa shape index (κ3) is 2.67. The number of aryl methyl sites for hydroxylation is 1. The molecule has 6 nitrogen and oxygen atoms in total. The van der Waals surface area contributed by atoms with Crippen molar-refractivity contribution in [2.75, 3.05) is 21.3 Å². The minimum atomic E-state index is 0.537. The highest BCUT2D eigenvalue weighted by Gasteiger charge is 2.20. The smallest absolute Gasteiger partial charge is 0.204 e. The number of aromatic amines is 1. The second kappa shape index (κ2) is 6.62. The van der Waals surface area contributed by atoms with Crippen LogP contribution in [0.2, 0.25) is 0 Å². The summed E-state index contributed by atoms with van der Waals surface area (Å²) in [6, 6.07) is 7.59. The van der Waals surface area contributed by atoms with Crippen LogP contribution >= 0.6 is 0 Å². The van der Waals surface area contributed by atoms with E-state index in [0.29, 0.717) is 23.1 Å². The molecule has 0 saturated carbocycles. The van der Waals surface area contributed by atoms with Crippen molar-refractivity contribution in [3.63, 3.8) is 0 Å². The molecule has 0 amide bonds. The molecule has 3 aromatic rings. The van der Waals surface area contributed by atoms with Crippen LogP contribution in [0, 0.1) is 6.92 Å². The van der Waals surface area contributed by atoms with Gasteiger partial charge in [-0.25, -0.2) is 4.98 Å². The van der Waals surface area contributed by atoms with Gasteiger partial charge in [0.15, 0.2) is 11.5 Å². The number of nitrogens with zero attached hydrogens (tertiary/aromatic N) is 2. The van der Waals surface area contributed by atoms with E-state index in [4.69, 9.17) is 19.2 Å². The van der Waals surface area contributed by atoms with Crippen molar-refractivity contribution in [1.82, 2.24) is 15.0 Å². The molecule has 0 spiro atoms. The van der Waals surface area contributed by atoms with Crippen LogP contribution in [-0.2, 0) is 0 Å². The summed E-state index contributed by atoms with van der Waals surface area (Å²) >= 11 is 0. The number of rotatable bonds is 5. The number of H-pyrrole nitrogens is 1. The predicted molar refractivity (Wildman–Crippen MR) is 91.6 cm³/mol. The minimum Gasteiger partial charge on any atom is -0.493 e. The molecular formula is C18H19N3O3. The monoisotopic (exact) mass is 325 g/mol. The Bertz CT molecular complexity index is 844. The van der Waals surface area contributed by atoms with E-state index < -0.39 is 0 Å². The lowest BCUT2D eigenvalue weighted by Crippen LogP contribution is -1.97. The first-order valence-electron chi connectivity index (χ1n) is 7.46. The van der Waals surface area contributed by atoms with Crippen molar-refractivity contribution >= 4 is 0 Å². The zero-order valence-corrected chi connectivity index (χ0v) is 14.1. The molecule has 0 aliphatic carbocycles. The summed E-state index contributed by atoms with van der Waals surface area (Å²) in [5.74, 6) is 2.41. The average Bonchev–Trinajstić information content (AvgIpc) is 3.02. The summed E-state index contributed by atoms with van der Waals surface area (Å²) in [5.41, 5.74) is 3.56. The zero-order chi connectivity index (χ0) is 17.1. The summed E-state index contributed by atoms with van der Waals surface area (Å²) in [7, 11) is 4.77. The van der Waals surface area contributed by atoms with Crippen LogP contribution in [0.15, 0.2) is 36.7 Å². The Morgan fingerprint density at radius 1 is 0.958 bits per heavy atom. The van der Waals surface area contributed by atoms with Gasteiger partial charge in [0.25, 0.3) is 0 Å². The van der Waals surface area contributed by atoms with Crippen molar-refractivity contribution in [1.29, 1.82) is 0 Å². The second-order valence-corrected chi connectivity index (χ2v) is 5.18. The SMILES string of the molecule is COc1ccc(-c2nc(-c3cccnc3)c(C)[nH]2)c(OC)c1OC. The van der Waals surface area contributed by atoms with Crippen LogP contribution in [-0.4, -0.2) is 36.3 Å². The number of aromatic nitrogens is 3. The van der Waals surface area contributed by atoms with Gasteiger partial charge in [-0.05, 0) is 31.2 Å². The summed E-state index contributed by atoms with van der Waals surface area (Å²) in [6.07, 6.45) is 3.53. The van der Waals surface area contributed by atoms with Gasteiger partial charge in [0.05, 0.1) is 32.6 Å². The van der Waals surface area contributed by atoms with Gasteiger partial charge in [0, 0.05) is 23.7 Å². The van der Waals surface area contributed by atoms with Crippen molar-refractivity contribution in [2.24, 2.45) is 0 Å². The van der Waals surface area contributed by atoms with Crippen molar-refractivity contribution in [3.8, 4) is 39.9 Å². The molecule has 1 N–H and O–H groups in total. The minimum absolute atomic E-state index is 0.537. The van der Waals surface area contributed by atoms with Crippen molar-refractivity contribution < 1.29 is 14.2 Å². The first kappa shape index (κ1) is 15.9. The van der Waals surface area contributed by atoms with Crippen LogP contribution in [0.3, 0.4) is 0 Å². The van der Waals surface area contributed by atoms with Crippen molar-refractivity contribution in [3.05, 3.63) is 42.4 Å². The van der Waals surface area contributed by atoms with Gasteiger partial charge in [0.2, 0.25) is 5.75 Å². The summed E-state index contributed by atoms with van der Waals surface area (Å²) in [5, 5.41) is 0. The number of benzene rings is 1. The normalized spacial score (nSPS) is 10.5. The summed E-state index contributed by atoms with van der Waals surface area (Å²) < 4.78 is 16.3. The van der Waals surface area contributed by atoms with Crippen LogP contribution in [0.5, 0.6) is 17.2 Å². The van der Waals surface area contributed by atoms with Gasteiger partial charge in [-0.15, -0.1) is 0 Å². The van der Waals surface area contributed by atoms with Crippen molar-refractivity contribution in [2.45, 2.75) is 6.92 Å². The van der Waals surface area contributed by atoms with Gasteiger partial charge < -0.3 is 19.2 Å². The Hall–Kier alpha value is -3.02. The Balaban J connectivity index is 2.14. The first-order valence-corrected chi connectivity index (χ1v) is 7.46. The fraction of sp³-hybridized carbons (Fsp3) is 0.222. The highest BCUT2D eigenvalue weighted by Crippen LogP contribution is 2.43. The topological polar surface area (TPSA) is 69.3 Å². The molecule has 0 atom stereocenters. The van der Waals surface area contributed by atoms with Gasteiger partial charge >= 0.3 is 0 Å². The maximum atomic E-state index is 5.54. The molecule has 0 unspecified atom stereocenters. The van der Waals surface area contributed by atoms with Gasteiger partial charge in [-0.1, -0.05) is 0 Å². The number of pyridine rings is 1. The van der Waals surface area contributed by atoms with Crippen LogP contribution in [0.1, 0.15) is 5.69 Å². The van der Waals surface area contributed by atoms with Gasteiger partial charge in [-0.3, -0.25) is 4.98 Å². The van der Waals surface area contributed by atoms with Gasteiger partial charge in [-0.2, -0.15) is 0 Å². The quantitative estimate of drug-likeness (QED) is 0.778. The maximum Gasteiger partial charge on any atom is 0.204 e. The number of methoxy groups -OCH3 is 3. The fourth-order valence-electron chi connectivity index (χ4n) is 2.66. The largest absolute Gasteiger partial charge is 0.493 e. The van der Waals surface area contributed by atoms with E-state index in [9.17, 15) is 0 Å². The molecule has 1 aromatic carbocycles. The van der Waals surface area contributed by atoms with Crippen LogP contribution in [0.25, 0.3) is 22.6 Å². The molecular weight excluding hydrogens is 306 g/mol. The second-order valence-electron chi connectivity index (χ2n) is 5.18. The molecule has 6 heteroatoms. The number of imidazole rings is 1. The van der Waals surface area contributed by atoms with Gasteiger partial charge in [0.1, 0.15) is 5.82 Å². The number of nitrogens with one attached hydrogen (secondary N) is 1. The molecule has 124 valence electrons. The molecule has 0 bridgehead atoms. The predicted octanol–water partition coefficient (Wildman–Crippen LogP) is 3.47. The van der Waals surface area contributed by atoms with E-state index in [0.717, 1.165) is 22.5 Å². The fourth-order valence-corrected chi connectivity index (χ4v) is 2.66. The number of hydrogen-bond acceptors (Lipinski definition) is 5. The molecule has 24 heavy (non-hydrogen) atoms. The van der Waals surface area contributed by atoms with E-state index in [1.54, 1.807) is 33.7 Å². The summed E-state index contributed by atoms with van der Waals surface area (Å²) in [4.78, 5) is 12.2. The third-order valence-corrected chi connectivity index (χ3v) is 3.78. The number of hydrogen-bond donors (Lipinski definition) is 1. The van der Waals surface area contributed by atoms with E-state index in [-0.39, 0.29) is 0 Å². The Morgan fingerprint density at radius 3 is 2.38 bits per heavy atom. The van der Waals surface area contributed by atoms with E-state index in [2.05, 4.69) is 9.97 Å². The molecule has 2 aromatic heterocycles. The zero-order valence-electron chi connectivity index (χ0n) is 14.1. The van der Waals surface area contributed by atoms with E-state index in [1.807, 2.05) is 31.2 Å². The average molecular weight is 325 g/mol. The van der Waals surface area contributed by atoms with E-state index in [1.165, 1.54) is 0 Å². The Labute approximate surface area is 140 Å². The molecule has 0 fully saturated rings. The maximum absolute atomic E-state index is 5.54. The van der Waals surface area contributed by atoms with Crippen LogP contribution in [0.4, 0.5) is 0 Å². The highest BCUT2D eigenvalue weighted by atomic mass is 16.5. The lowest BCUT2D eigenvalue weighted by atomic mass is 10.1. The summed E-state index contributed by atoms with van der Waals surface area (Å²) in [6.45, 7) is 1.98. The molecule has 0 aliphatic heterocycles. The molecule has 0 aliphatic rings. The van der Waals surface area contributed by atoms with E-state index >= 15 is 0 Å². The Morgan fingerprint density at radius 2 is 1.75 bits per heavy atom. The standard InChI is InChI=1S/C18H19N3O3/c1-11-15(12-6-5-9-19-10-12)21-18(20-11)13-7-8-14(22-2)17(24-4)16(13)23-3/h5-10H,1-4H3,(H,20,21).